The first-order valence-electron chi connectivity index (χ1n) is 9.37. The molecular formula is C21H19Cl2N5O2. The summed E-state index contributed by atoms with van der Waals surface area (Å²) in [6.45, 7) is 1.92. The summed E-state index contributed by atoms with van der Waals surface area (Å²) in [5, 5.41) is 14.3. The van der Waals surface area contributed by atoms with Gasteiger partial charge in [-0.3, -0.25) is 14.9 Å². The lowest BCUT2D eigenvalue weighted by atomic mass is 10.1. The summed E-state index contributed by atoms with van der Waals surface area (Å²) >= 11 is 12.1. The highest BCUT2D eigenvalue weighted by Gasteiger charge is 2.27. The van der Waals surface area contributed by atoms with Crippen LogP contribution in [0.2, 0.25) is 10.0 Å². The lowest BCUT2D eigenvalue weighted by molar-refractivity contribution is -0.125. The SMILES string of the molecule is CC1CC(=O)NC(n2nc(-c3ccccc3)cc2NC(=O)c2cc(Cl)cc(Cl)c2)N1. The quantitative estimate of drug-likeness (QED) is 0.566. The first kappa shape index (κ1) is 20.4. The van der Waals surface area contributed by atoms with Gasteiger partial charge >= 0.3 is 0 Å². The fourth-order valence-corrected chi connectivity index (χ4v) is 3.83. The second-order valence-corrected chi connectivity index (χ2v) is 7.95. The fourth-order valence-electron chi connectivity index (χ4n) is 3.30. The molecule has 4 rings (SSSR count). The Labute approximate surface area is 183 Å². The van der Waals surface area contributed by atoms with Gasteiger partial charge in [0.2, 0.25) is 5.91 Å². The minimum absolute atomic E-state index is 0.0385. The Morgan fingerprint density at radius 2 is 1.83 bits per heavy atom. The summed E-state index contributed by atoms with van der Waals surface area (Å²) in [6, 6.07) is 15.9. The summed E-state index contributed by atoms with van der Waals surface area (Å²) in [5.41, 5.74) is 1.85. The van der Waals surface area contributed by atoms with Crippen molar-refractivity contribution < 1.29 is 9.59 Å². The van der Waals surface area contributed by atoms with Crippen molar-refractivity contribution in [3.05, 3.63) is 70.2 Å². The molecule has 1 aromatic heterocycles. The van der Waals surface area contributed by atoms with Crippen molar-refractivity contribution in [3.8, 4) is 11.3 Å². The number of aromatic nitrogens is 2. The van der Waals surface area contributed by atoms with Gasteiger partial charge in [0.05, 0.1) is 5.69 Å². The zero-order valence-electron chi connectivity index (χ0n) is 16.0. The van der Waals surface area contributed by atoms with Crippen LogP contribution < -0.4 is 16.0 Å². The van der Waals surface area contributed by atoms with Gasteiger partial charge in [-0.25, -0.2) is 4.68 Å². The largest absolute Gasteiger partial charge is 0.322 e. The Morgan fingerprint density at radius 3 is 2.50 bits per heavy atom. The molecule has 1 aliphatic heterocycles. The minimum Gasteiger partial charge on any atom is -0.322 e. The second kappa shape index (κ2) is 8.47. The molecule has 30 heavy (non-hydrogen) atoms. The number of nitrogens with zero attached hydrogens (tertiary/aromatic N) is 2. The van der Waals surface area contributed by atoms with Crippen LogP contribution in [0.1, 0.15) is 30.0 Å². The molecule has 2 amide bonds. The highest BCUT2D eigenvalue weighted by molar-refractivity contribution is 6.35. The van der Waals surface area contributed by atoms with Gasteiger partial charge in [0.25, 0.3) is 5.91 Å². The van der Waals surface area contributed by atoms with Crippen molar-refractivity contribution >= 4 is 40.8 Å². The summed E-state index contributed by atoms with van der Waals surface area (Å²) in [6.07, 6.45) is -0.233. The van der Waals surface area contributed by atoms with E-state index in [9.17, 15) is 9.59 Å². The zero-order valence-corrected chi connectivity index (χ0v) is 17.5. The Balaban J connectivity index is 1.70. The monoisotopic (exact) mass is 443 g/mol. The third-order valence-electron chi connectivity index (χ3n) is 4.65. The van der Waals surface area contributed by atoms with Gasteiger partial charge in [0.1, 0.15) is 5.82 Å². The fraction of sp³-hybridized carbons (Fsp3) is 0.190. The van der Waals surface area contributed by atoms with E-state index in [1.165, 1.54) is 12.1 Å². The van der Waals surface area contributed by atoms with E-state index in [1.807, 2.05) is 37.3 Å². The molecular weight excluding hydrogens is 425 g/mol. The number of carbonyl (C=O) groups excluding carboxylic acids is 2. The van der Waals surface area contributed by atoms with Crippen LogP contribution in [0.5, 0.6) is 0 Å². The van der Waals surface area contributed by atoms with Gasteiger partial charge in [0.15, 0.2) is 6.29 Å². The molecule has 0 saturated carbocycles. The Hall–Kier alpha value is -2.87. The van der Waals surface area contributed by atoms with E-state index in [0.717, 1.165) is 5.56 Å². The van der Waals surface area contributed by atoms with Crippen LogP contribution in [0.3, 0.4) is 0 Å². The third-order valence-corrected chi connectivity index (χ3v) is 5.08. The van der Waals surface area contributed by atoms with Crippen molar-refractivity contribution in [1.29, 1.82) is 0 Å². The predicted molar refractivity (Wildman–Crippen MR) is 116 cm³/mol. The van der Waals surface area contributed by atoms with Crippen LogP contribution in [-0.2, 0) is 4.79 Å². The van der Waals surface area contributed by atoms with Crippen LogP contribution in [0, 0.1) is 0 Å². The number of nitrogens with one attached hydrogen (secondary N) is 3. The van der Waals surface area contributed by atoms with Crippen molar-refractivity contribution in [2.45, 2.75) is 25.7 Å². The van der Waals surface area contributed by atoms with Gasteiger partial charge in [-0.1, -0.05) is 53.5 Å². The van der Waals surface area contributed by atoms with Crippen LogP contribution in [0.25, 0.3) is 11.3 Å². The maximum absolute atomic E-state index is 12.9. The van der Waals surface area contributed by atoms with Crippen molar-refractivity contribution in [2.24, 2.45) is 0 Å². The molecule has 2 atom stereocenters. The van der Waals surface area contributed by atoms with Gasteiger partial charge in [-0.2, -0.15) is 5.10 Å². The number of anilines is 1. The van der Waals surface area contributed by atoms with Gasteiger partial charge < -0.3 is 10.6 Å². The highest BCUT2D eigenvalue weighted by Crippen LogP contribution is 2.26. The molecule has 0 radical (unpaired) electrons. The standard InChI is InChI=1S/C21H19Cl2N5O2/c1-12-7-19(29)26-21(24-12)28-18(11-17(27-28)13-5-3-2-4-6-13)25-20(30)14-8-15(22)10-16(23)9-14/h2-6,8-12,21,24H,7H2,1H3,(H,25,30)(H,26,29). The lowest BCUT2D eigenvalue weighted by Gasteiger charge is -2.30. The van der Waals surface area contributed by atoms with E-state index in [0.29, 0.717) is 33.5 Å². The van der Waals surface area contributed by atoms with E-state index in [2.05, 4.69) is 21.0 Å². The van der Waals surface area contributed by atoms with Crippen molar-refractivity contribution in [1.82, 2.24) is 20.4 Å². The molecule has 2 heterocycles. The summed E-state index contributed by atoms with van der Waals surface area (Å²) in [7, 11) is 0. The van der Waals surface area contributed by atoms with Crippen molar-refractivity contribution in [2.75, 3.05) is 5.32 Å². The first-order chi connectivity index (χ1) is 14.4. The number of amides is 2. The molecule has 1 saturated heterocycles. The average molecular weight is 444 g/mol. The Bertz CT molecular complexity index is 1080. The zero-order chi connectivity index (χ0) is 21.3. The summed E-state index contributed by atoms with van der Waals surface area (Å²) in [5.74, 6) is -0.0703. The number of hydrogen-bond donors (Lipinski definition) is 3. The van der Waals surface area contributed by atoms with Gasteiger partial charge in [0, 0.05) is 39.7 Å². The highest BCUT2D eigenvalue weighted by atomic mass is 35.5. The van der Waals surface area contributed by atoms with Gasteiger partial charge in [-0.15, -0.1) is 0 Å². The maximum atomic E-state index is 12.9. The molecule has 2 unspecified atom stereocenters. The molecule has 0 aliphatic carbocycles. The lowest BCUT2D eigenvalue weighted by Crippen LogP contribution is -2.52. The molecule has 3 aromatic rings. The first-order valence-corrected chi connectivity index (χ1v) is 10.1. The Morgan fingerprint density at radius 1 is 1.13 bits per heavy atom. The molecule has 3 N–H and O–H groups in total. The van der Waals surface area contributed by atoms with Crippen LogP contribution in [0.15, 0.2) is 54.6 Å². The number of halogens is 2. The number of hydrogen-bond acceptors (Lipinski definition) is 4. The van der Waals surface area contributed by atoms with E-state index >= 15 is 0 Å². The minimum atomic E-state index is -0.600. The molecule has 0 spiro atoms. The third kappa shape index (κ3) is 4.48. The second-order valence-electron chi connectivity index (χ2n) is 7.08. The van der Waals surface area contributed by atoms with Gasteiger partial charge in [-0.05, 0) is 25.1 Å². The molecule has 7 nitrogen and oxygen atoms in total. The van der Waals surface area contributed by atoms with Crippen LogP contribution in [-0.4, -0.2) is 27.6 Å². The van der Waals surface area contributed by atoms with Crippen LogP contribution in [0.4, 0.5) is 5.82 Å². The Kier molecular flexibility index (Phi) is 5.76. The molecule has 9 heteroatoms. The maximum Gasteiger partial charge on any atom is 0.256 e. The smallest absolute Gasteiger partial charge is 0.256 e. The number of carbonyl (C=O) groups is 2. The molecule has 2 aromatic carbocycles. The summed E-state index contributed by atoms with van der Waals surface area (Å²) < 4.78 is 1.56. The number of rotatable bonds is 4. The molecule has 0 bridgehead atoms. The molecule has 154 valence electrons. The summed E-state index contributed by atoms with van der Waals surface area (Å²) in [4.78, 5) is 24.9. The van der Waals surface area contributed by atoms with E-state index in [4.69, 9.17) is 23.2 Å². The topological polar surface area (TPSA) is 88.1 Å². The average Bonchev–Trinajstić information content (AvgIpc) is 3.11. The van der Waals surface area contributed by atoms with E-state index < -0.39 is 12.2 Å². The van der Waals surface area contributed by atoms with Crippen molar-refractivity contribution in [3.63, 3.8) is 0 Å². The van der Waals surface area contributed by atoms with Crippen LogP contribution >= 0.6 is 23.2 Å². The molecule has 1 fully saturated rings. The van der Waals surface area contributed by atoms with E-state index in [-0.39, 0.29) is 11.9 Å². The number of benzene rings is 2. The normalized spacial score (nSPS) is 18.7. The molecule has 1 aliphatic rings. The van der Waals surface area contributed by atoms with E-state index in [1.54, 1.807) is 16.8 Å². The predicted octanol–water partition coefficient (Wildman–Crippen LogP) is 4.06.